The molecule has 0 aliphatic carbocycles. The van der Waals surface area contributed by atoms with E-state index in [0.717, 1.165) is 10.1 Å². The summed E-state index contributed by atoms with van der Waals surface area (Å²) in [5.74, 6) is -0.790. The van der Waals surface area contributed by atoms with Crippen LogP contribution in [0.15, 0.2) is 48.5 Å². The smallest absolute Gasteiger partial charge is 0.269 e. The van der Waals surface area contributed by atoms with E-state index < -0.39 is 11.7 Å². The van der Waals surface area contributed by atoms with Gasteiger partial charge in [-0.15, -0.1) is 11.3 Å². The minimum absolute atomic E-state index is 0.0779. The van der Waals surface area contributed by atoms with Gasteiger partial charge in [0.25, 0.3) is 5.91 Å². The first kappa shape index (κ1) is 15.9. The summed E-state index contributed by atoms with van der Waals surface area (Å²) < 4.78 is 14.1. The van der Waals surface area contributed by atoms with Gasteiger partial charge in [0.15, 0.2) is 5.11 Å². The highest BCUT2D eigenvalue weighted by Gasteiger charge is 2.17. The highest BCUT2D eigenvalue weighted by atomic mass is 35.5. The molecule has 0 radical (unpaired) electrons. The molecule has 3 aromatic rings. The summed E-state index contributed by atoms with van der Waals surface area (Å²) in [6.07, 6.45) is 0. The second-order valence-corrected chi connectivity index (χ2v) is 6.50. The van der Waals surface area contributed by atoms with Crippen LogP contribution in [0.4, 0.5) is 10.1 Å². The molecule has 0 spiro atoms. The number of amides is 1. The van der Waals surface area contributed by atoms with E-state index in [-0.39, 0.29) is 5.11 Å². The maximum Gasteiger partial charge on any atom is 0.269 e. The predicted octanol–water partition coefficient (Wildman–Crippen LogP) is 4.82. The number of anilines is 1. The van der Waals surface area contributed by atoms with Gasteiger partial charge in [0.05, 0.1) is 5.02 Å². The number of hydrogen-bond donors (Lipinski definition) is 2. The Balaban J connectivity index is 1.75. The Hall–Kier alpha value is -2.02. The van der Waals surface area contributed by atoms with Gasteiger partial charge < -0.3 is 5.32 Å². The fraction of sp³-hybridized carbons (Fsp3) is 0. The summed E-state index contributed by atoms with van der Waals surface area (Å²) in [6.45, 7) is 0. The Bertz CT molecular complexity index is 910. The van der Waals surface area contributed by atoms with Crippen LogP contribution < -0.4 is 10.6 Å². The van der Waals surface area contributed by atoms with Gasteiger partial charge in [0, 0.05) is 15.8 Å². The molecule has 2 aromatic carbocycles. The first-order chi connectivity index (χ1) is 11.0. The van der Waals surface area contributed by atoms with Crippen molar-refractivity contribution in [3.05, 3.63) is 64.2 Å². The number of thiocarbonyl (C=S) groups is 1. The van der Waals surface area contributed by atoms with Crippen molar-refractivity contribution < 1.29 is 9.18 Å². The van der Waals surface area contributed by atoms with Crippen molar-refractivity contribution in [2.75, 3.05) is 5.32 Å². The average molecular weight is 365 g/mol. The summed E-state index contributed by atoms with van der Waals surface area (Å²) in [5.41, 5.74) is 0.456. The molecular formula is C16H10ClFN2OS2. The maximum absolute atomic E-state index is 13.1. The van der Waals surface area contributed by atoms with Crippen LogP contribution in [0, 0.1) is 5.82 Å². The Morgan fingerprint density at radius 3 is 2.70 bits per heavy atom. The van der Waals surface area contributed by atoms with Gasteiger partial charge in [-0.25, -0.2) is 4.39 Å². The molecule has 0 fully saturated rings. The predicted molar refractivity (Wildman–Crippen MR) is 96.9 cm³/mol. The molecular weight excluding hydrogens is 355 g/mol. The molecule has 0 saturated heterocycles. The minimum Gasteiger partial charge on any atom is -0.332 e. The highest BCUT2D eigenvalue weighted by Crippen LogP contribution is 2.34. The van der Waals surface area contributed by atoms with Crippen molar-refractivity contribution in [2.45, 2.75) is 0 Å². The quantitative estimate of drug-likeness (QED) is 0.640. The van der Waals surface area contributed by atoms with Gasteiger partial charge in [0.1, 0.15) is 10.7 Å². The van der Waals surface area contributed by atoms with Crippen molar-refractivity contribution in [1.82, 2.24) is 5.32 Å². The van der Waals surface area contributed by atoms with Crippen LogP contribution in [0.25, 0.3) is 10.1 Å². The molecule has 1 aromatic heterocycles. The lowest BCUT2D eigenvalue weighted by molar-refractivity contribution is 0.0982. The molecule has 2 N–H and O–H groups in total. The molecule has 0 saturated carbocycles. The van der Waals surface area contributed by atoms with Crippen LogP contribution in [0.5, 0.6) is 0 Å². The van der Waals surface area contributed by atoms with E-state index in [1.54, 1.807) is 12.1 Å². The van der Waals surface area contributed by atoms with Gasteiger partial charge >= 0.3 is 0 Å². The zero-order chi connectivity index (χ0) is 16.4. The molecule has 0 atom stereocenters. The van der Waals surface area contributed by atoms with Crippen molar-refractivity contribution in [3.63, 3.8) is 0 Å². The lowest BCUT2D eigenvalue weighted by Gasteiger charge is -2.09. The fourth-order valence-corrected chi connectivity index (χ4v) is 3.67. The summed E-state index contributed by atoms with van der Waals surface area (Å²) in [5, 5.41) is 6.61. The third-order valence-electron chi connectivity index (χ3n) is 3.05. The number of hydrogen-bond acceptors (Lipinski definition) is 3. The molecule has 0 unspecified atom stereocenters. The van der Waals surface area contributed by atoms with Crippen LogP contribution in [0.1, 0.15) is 9.67 Å². The molecule has 1 heterocycles. The van der Waals surface area contributed by atoms with E-state index in [1.165, 1.54) is 23.5 Å². The van der Waals surface area contributed by atoms with E-state index in [0.29, 0.717) is 15.6 Å². The lowest BCUT2D eigenvalue weighted by atomic mass is 10.2. The number of rotatable bonds is 2. The highest BCUT2D eigenvalue weighted by molar-refractivity contribution is 7.80. The Labute approximate surface area is 146 Å². The molecule has 3 nitrogen and oxygen atoms in total. The van der Waals surface area contributed by atoms with E-state index in [2.05, 4.69) is 10.6 Å². The minimum atomic E-state index is -0.398. The summed E-state index contributed by atoms with van der Waals surface area (Å²) in [4.78, 5) is 12.7. The summed E-state index contributed by atoms with van der Waals surface area (Å²) >= 11 is 12.6. The van der Waals surface area contributed by atoms with Crippen LogP contribution >= 0.6 is 35.2 Å². The van der Waals surface area contributed by atoms with Gasteiger partial charge in [-0.2, -0.15) is 0 Å². The number of halogens is 2. The van der Waals surface area contributed by atoms with Crippen molar-refractivity contribution in [3.8, 4) is 0 Å². The largest absolute Gasteiger partial charge is 0.332 e. The molecule has 3 rings (SSSR count). The third kappa shape index (κ3) is 3.50. The maximum atomic E-state index is 13.1. The molecule has 23 heavy (non-hydrogen) atoms. The Morgan fingerprint density at radius 2 is 1.96 bits per heavy atom. The zero-order valence-electron chi connectivity index (χ0n) is 11.6. The second kappa shape index (κ2) is 6.62. The van der Waals surface area contributed by atoms with Gasteiger partial charge in [-0.05, 0) is 36.5 Å². The number of benzene rings is 2. The van der Waals surface area contributed by atoms with Crippen molar-refractivity contribution in [2.24, 2.45) is 0 Å². The number of carbonyl (C=O) groups excluding carboxylic acids is 1. The first-order valence-corrected chi connectivity index (χ1v) is 8.20. The van der Waals surface area contributed by atoms with Gasteiger partial charge in [-0.1, -0.05) is 35.9 Å². The van der Waals surface area contributed by atoms with Crippen LogP contribution in [0.3, 0.4) is 0 Å². The molecule has 0 bridgehead atoms. The lowest BCUT2D eigenvalue weighted by Crippen LogP contribution is -2.33. The molecule has 7 heteroatoms. The average Bonchev–Trinajstić information content (AvgIpc) is 2.85. The first-order valence-electron chi connectivity index (χ1n) is 6.59. The van der Waals surface area contributed by atoms with Gasteiger partial charge in [-0.3, -0.25) is 10.1 Å². The van der Waals surface area contributed by atoms with E-state index >= 15 is 0 Å². The Kier molecular flexibility index (Phi) is 4.56. The number of thiophene rings is 1. The standard InChI is InChI=1S/C16H10ClFN2OS2/c17-13-11-6-1-2-7-12(11)23-14(13)15(21)20-16(22)19-10-5-3-4-9(18)8-10/h1-8H,(H2,19,20,21,22). The number of fused-ring (bicyclic) bond motifs is 1. The molecule has 116 valence electrons. The van der Waals surface area contributed by atoms with Crippen molar-refractivity contribution in [1.29, 1.82) is 0 Å². The SMILES string of the molecule is O=C(NC(=S)Nc1cccc(F)c1)c1sc2ccccc2c1Cl. The summed E-state index contributed by atoms with van der Waals surface area (Å²) in [6, 6.07) is 13.3. The number of nitrogens with one attached hydrogen (secondary N) is 2. The number of carbonyl (C=O) groups is 1. The Morgan fingerprint density at radius 1 is 1.17 bits per heavy atom. The van der Waals surface area contributed by atoms with E-state index in [9.17, 15) is 9.18 Å². The van der Waals surface area contributed by atoms with E-state index in [4.69, 9.17) is 23.8 Å². The van der Waals surface area contributed by atoms with Gasteiger partial charge in [0.2, 0.25) is 0 Å². The summed E-state index contributed by atoms with van der Waals surface area (Å²) in [7, 11) is 0. The zero-order valence-corrected chi connectivity index (χ0v) is 14.0. The molecule has 1 amide bonds. The second-order valence-electron chi connectivity index (χ2n) is 4.66. The van der Waals surface area contributed by atoms with Crippen LogP contribution in [-0.4, -0.2) is 11.0 Å². The van der Waals surface area contributed by atoms with E-state index in [1.807, 2.05) is 24.3 Å². The van der Waals surface area contributed by atoms with Crippen molar-refractivity contribution >= 4 is 61.9 Å². The third-order valence-corrected chi connectivity index (χ3v) is 4.93. The topological polar surface area (TPSA) is 41.1 Å². The fourth-order valence-electron chi connectivity index (χ4n) is 2.05. The normalized spacial score (nSPS) is 10.5. The monoisotopic (exact) mass is 364 g/mol. The van der Waals surface area contributed by atoms with Crippen LogP contribution in [-0.2, 0) is 0 Å². The van der Waals surface area contributed by atoms with Crippen LogP contribution in [0.2, 0.25) is 5.02 Å². The molecule has 0 aliphatic rings. The molecule has 0 aliphatic heterocycles.